The van der Waals surface area contributed by atoms with Crippen LogP contribution in [0.3, 0.4) is 0 Å². The molecule has 7 nitrogen and oxygen atoms in total. The zero-order valence-corrected chi connectivity index (χ0v) is 25.3. The molecule has 1 amide bonds. The summed E-state index contributed by atoms with van der Waals surface area (Å²) in [6.07, 6.45) is 4.28. The average Bonchev–Trinajstić information content (AvgIpc) is 3.53. The molecule has 0 spiro atoms. The lowest BCUT2D eigenvalue weighted by Crippen LogP contribution is -2.33. The molecule has 1 aliphatic rings. The molecule has 3 aromatic heterocycles. The second-order valence-electron chi connectivity index (χ2n) is 11.4. The minimum atomic E-state index is -0.536. The fraction of sp³-hybridized carbons (Fsp3) is 0.242. The van der Waals surface area contributed by atoms with Crippen molar-refractivity contribution in [2.45, 2.75) is 52.8 Å². The molecule has 1 aliphatic heterocycles. The molecule has 0 atom stereocenters. The van der Waals surface area contributed by atoms with Gasteiger partial charge in [-0.1, -0.05) is 48.0 Å². The maximum absolute atomic E-state index is 12.6. The van der Waals surface area contributed by atoms with E-state index in [-0.39, 0.29) is 6.09 Å². The second kappa shape index (κ2) is 10.9. The van der Waals surface area contributed by atoms with Crippen LogP contribution in [0.1, 0.15) is 58.5 Å². The van der Waals surface area contributed by atoms with Gasteiger partial charge in [-0.2, -0.15) is 0 Å². The molecule has 0 saturated heterocycles. The third-order valence-corrected chi connectivity index (χ3v) is 8.79. The van der Waals surface area contributed by atoms with Crippen molar-refractivity contribution in [3.8, 4) is 21.7 Å². The number of hydrogen-bond acceptors (Lipinski definition) is 7. The smallest absolute Gasteiger partial charge is 0.410 e. The van der Waals surface area contributed by atoms with Gasteiger partial charge in [-0.05, 0) is 56.5 Å². The van der Waals surface area contributed by atoms with Gasteiger partial charge < -0.3 is 4.74 Å². The molecule has 0 radical (unpaired) electrons. The Hall–Kier alpha value is -4.14. The number of amides is 1. The molecule has 5 aromatic rings. The number of thiazole rings is 1. The molecule has 212 valence electrons. The van der Waals surface area contributed by atoms with Gasteiger partial charge >= 0.3 is 6.09 Å². The lowest BCUT2D eigenvalue weighted by molar-refractivity contribution is 0.0241. The minimum absolute atomic E-state index is 0.317. The number of rotatable bonds is 5. The predicted molar refractivity (Wildman–Crippen MR) is 166 cm³/mol. The number of fused-ring (bicyclic) bond motifs is 2. The number of carbonyl (C=O) groups is 2. The summed E-state index contributed by atoms with van der Waals surface area (Å²) in [5, 5.41) is 2.46. The third kappa shape index (κ3) is 5.40. The van der Waals surface area contributed by atoms with E-state index in [1.807, 2.05) is 57.2 Å². The van der Waals surface area contributed by atoms with Crippen LogP contribution in [-0.4, -0.2) is 37.8 Å². The van der Waals surface area contributed by atoms with Crippen LogP contribution in [-0.2, 0) is 24.2 Å². The van der Waals surface area contributed by atoms with Gasteiger partial charge in [0.25, 0.3) is 0 Å². The van der Waals surface area contributed by atoms with Crippen LogP contribution >= 0.6 is 22.9 Å². The van der Waals surface area contributed by atoms with Crippen molar-refractivity contribution in [3.05, 3.63) is 98.9 Å². The number of benzene rings is 2. The number of ether oxygens (including phenoxy) is 1. The zero-order chi connectivity index (χ0) is 29.6. The molecule has 0 bridgehead atoms. The fourth-order valence-electron chi connectivity index (χ4n) is 5.20. The van der Waals surface area contributed by atoms with Crippen molar-refractivity contribution in [1.82, 2.24) is 19.9 Å². The molecule has 0 fully saturated rings. The van der Waals surface area contributed by atoms with Crippen LogP contribution in [0.5, 0.6) is 0 Å². The van der Waals surface area contributed by atoms with Crippen molar-refractivity contribution in [3.63, 3.8) is 0 Å². The first-order valence-corrected chi connectivity index (χ1v) is 14.8. The summed E-state index contributed by atoms with van der Waals surface area (Å²) in [6.45, 7) is 8.65. The Bertz CT molecular complexity index is 1840. The van der Waals surface area contributed by atoms with E-state index >= 15 is 0 Å². The molecular weight excluding hydrogens is 568 g/mol. The quantitative estimate of drug-likeness (QED) is 0.191. The van der Waals surface area contributed by atoms with Crippen LogP contribution in [0.25, 0.3) is 32.6 Å². The van der Waals surface area contributed by atoms with Gasteiger partial charge in [0.15, 0.2) is 6.29 Å². The predicted octanol–water partition coefficient (Wildman–Crippen LogP) is 8.04. The number of nitrogens with zero attached hydrogens (tertiary/aromatic N) is 4. The Morgan fingerprint density at radius 1 is 1.07 bits per heavy atom. The number of halogens is 1. The lowest BCUT2D eigenvalue weighted by atomic mass is 9.94. The first kappa shape index (κ1) is 28.0. The number of carbonyl (C=O) groups excluding carboxylic acids is 2. The highest BCUT2D eigenvalue weighted by Gasteiger charge is 2.31. The summed E-state index contributed by atoms with van der Waals surface area (Å²) >= 11 is 8.67. The van der Waals surface area contributed by atoms with E-state index in [2.05, 4.69) is 29.0 Å². The van der Waals surface area contributed by atoms with Crippen LogP contribution in [0, 0.1) is 6.92 Å². The molecule has 9 heteroatoms. The molecule has 6 rings (SSSR count). The molecule has 42 heavy (non-hydrogen) atoms. The van der Waals surface area contributed by atoms with E-state index in [0.717, 1.165) is 66.3 Å². The Morgan fingerprint density at radius 3 is 2.60 bits per heavy atom. The van der Waals surface area contributed by atoms with E-state index in [1.54, 1.807) is 28.6 Å². The van der Waals surface area contributed by atoms with Gasteiger partial charge in [0, 0.05) is 45.8 Å². The van der Waals surface area contributed by atoms with E-state index in [0.29, 0.717) is 30.1 Å². The second-order valence-corrected chi connectivity index (χ2v) is 12.8. The van der Waals surface area contributed by atoms with Gasteiger partial charge in [0.05, 0.1) is 35.0 Å². The summed E-state index contributed by atoms with van der Waals surface area (Å²) < 4.78 is 5.54. The number of aromatic nitrogens is 3. The van der Waals surface area contributed by atoms with Gasteiger partial charge in [-0.3, -0.25) is 19.7 Å². The highest BCUT2D eigenvalue weighted by atomic mass is 35.5. The van der Waals surface area contributed by atoms with Crippen molar-refractivity contribution in [2.24, 2.45) is 0 Å². The van der Waals surface area contributed by atoms with Crippen LogP contribution in [0.2, 0.25) is 5.02 Å². The monoisotopic (exact) mass is 596 g/mol. The maximum Gasteiger partial charge on any atom is 0.410 e. The molecule has 2 aromatic carbocycles. The fourth-order valence-corrected chi connectivity index (χ4v) is 6.67. The Balaban J connectivity index is 1.28. The van der Waals surface area contributed by atoms with Crippen LogP contribution < -0.4 is 0 Å². The molecule has 0 N–H and O–H groups in total. The topological polar surface area (TPSA) is 85.3 Å². The number of pyridine rings is 2. The summed E-state index contributed by atoms with van der Waals surface area (Å²) in [5.41, 5.74) is 7.50. The average molecular weight is 597 g/mol. The summed E-state index contributed by atoms with van der Waals surface area (Å²) in [4.78, 5) is 40.5. The molecule has 0 saturated carbocycles. The van der Waals surface area contributed by atoms with E-state index in [1.165, 1.54) is 0 Å². The first-order valence-electron chi connectivity index (χ1n) is 13.6. The van der Waals surface area contributed by atoms with Crippen molar-refractivity contribution in [1.29, 1.82) is 0 Å². The Morgan fingerprint density at radius 2 is 1.83 bits per heavy atom. The van der Waals surface area contributed by atoms with Gasteiger partial charge in [0.1, 0.15) is 10.6 Å². The lowest BCUT2D eigenvalue weighted by Gasteiger charge is -2.24. The molecule has 0 aliphatic carbocycles. The first-order chi connectivity index (χ1) is 20.1. The zero-order valence-electron chi connectivity index (χ0n) is 23.8. The van der Waals surface area contributed by atoms with E-state index < -0.39 is 5.60 Å². The molecule has 4 heterocycles. The highest BCUT2D eigenvalue weighted by molar-refractivity contribution is 7.15. The van der Waals surface area contributed by atoms with Crippen LogP contribution in [0.15, 0.2) is 60.9 Å². The Labute approximate surface area is 253 Å². The highest BCUT2D eigenvalue weighted by Crippen LogP contribution is 2.40. The maximum atomic E-state index is 12.6. The SMILES string of the molecule is Cc1c(-c2nc3c(s2)CN(C(=O)OC(C)(C)C)C3)cccc1-c1cccc(Cc2nccc3cc(C=O)cnc23)c1Cl. The van der Waals surface area contributed by atoms with Crippen molar-refractivity contribution >= 4 is 46.2 Å². The van der Waals surface area contributed by atoms with Gasteiger partial charge in [-0.25, -0.2) is 9.78 Å². The van der Waals surface area contributed by atoms with E-state index in [9.17, 15) is 9.59 Å². The third-order valence-electron chi connectivity index (χ3n) is 7.23. The normalized spacial score (nSPS) is 12.9. The Kier molecular flexibility index (Phi) is 7.29. The number of hydrogen-bond donors (Lipinski definition) is 0. The van der Waals surface area contributed by atoms with Crippen LogP contribution in [0.4, 0.5) is 4.79 Å². The van der Waals surface area contributed by atoms with Gasteiger partial charge in [0.2, 0.25) is 0 Å². The largest absolute Gasteiger partial charge is 0.444 e. The molecular formula is C33H29ClN4O3S. The summed E-state index contributed by atoms with van der Waals surface area (Å²) in [5.74, 6) is 0. The van der Waals surface area contributed by atoms with Gasteiger partial charge in [-0.15, -0.1) is 11.3 Å². The van der Waals surface area contributed by atoms with Crippen molar-refractivity contribution in [2.75, 3.05) is 0 Å². The summed E-state index contributed by atoms with van der Waals surface area (Å²) in [7, 11) is 0. The number of aldehydes is 1. The minimum Gasteiger partial charge on any atom is -0.444 e. The standard InChI is InChI=1S/C33H29ClN4O3S/c1-19-23(8-6-9-24(19)31-37-27-16-38(17-28(27)42-31)32(40)41-33(2,3)4)25-10-5-7-21(29(25)34)14-26-30-22(11-12-35-26)13-20(18-39)15-36-30/h5-13,15,18H,14,16-17H2,1-4H3. The van der Waals surface area contributed by atoms with E-state index in [4.69, 9.17) is 21.3 Å². The van der Waals surface area contributed by atoms with Crippen molar-refractivity contribution < 1.29 is 14.3 Å². The summed E-state index contributed by atoms with van der Waals surface area (Å²) in [6, 6.07) is 15.9. The molecule has 0 unspecified atom stereocenters.